The molecule has 0 saturated carbocycles. The van der Waals surface area contributed by atoms with E-state index in [9.17, 15) is 9.59 Å². The van der Waals surface area contributed by atoms with E-state index in [4.69, 9.17) is 16.6 Å². The third kappa shape index (κ3) is 5.79. The molecule has 1 amide bonds. The van der Waals surface area contributed by atoms with Crippen LogP contribution >= 0.6 is 0 Å². The van der Waals surface area contributed by atoms with Gasteiger partial charge in [-0.1, -0.05) is 6.42 Å². The summed E-state index contributed by atoms with van der Waals surface area (Å²) in [6, 6.07) is -1.55. The average Bonchev–Trinajstić information content (AvgIpc) is 2.25. The molecule has 6 nitrogen and oxygen atoms in total. The number of unbranched alkanes of at least 4 members (excludes halogenated alkanes) is 1. The maximum absolute atomic E-state index is 11.5. The monoisotopic (exact) mass is 231 g/mol. The van der Waals surface area contributed by atoms with E-state index < -0.39 is 24.1 Å². The molecule has 0 heterocycles. The van der Waals surface area contributed by atoms with Gasteiger partial charge >= 0.3 is 0 Å². The third-order valence-electron chi connectivity index (χ3n) is 2.28. The predicted octanol–water partition coefficient (Wildman–Crippen LogP) is -1.49. The van der Waals surface area contributed by atoms with Gasteiger partial charge < -0.3 is 26.7 Å². The van der Waals surface area contributed by atoms with E-state index in [1.54, 1.807) is 0 Å². The van der Waals surface area contributed by atoms with Crippen molar-refractivity contribution in [2.75, 3.05) is 6.54 Å². The second kappa shape index (κ2) is 8.20. The van der Waals surface area contributed by atoms with E-state index in [1.807, 2.05) is 0 Å². The number of carbonyl (C=O) groups excluding carboxylic acids is 2. The lowest BCUT2D eigenvalue weighted by atomic mass is 10.1. The van der Waals surface area contributed by atoms with Crippen molar-refractivity contribution < 1.29 is 14.7 Å². The highest BCUT2D eigenvalue weighted by Crippen LogP contribution is 1.99. The van der Waals surface area contributed by atoms with E-state index in [0.29, 0.717) is 19.3 Å². The van der Waals surface area contributed by atoms with E-state index >= 15 is 0 Å². The van der Waals surface area contributed by atoms with Crippen molar-refractivity contribution in [2.45, 2.75) is 44.4 Å². The maximum Gasteiger partial charge on any atom is 0.237 e. The molecule has 94 valence electrons. The molecule has 6 N–H and O–H groups in total. The number of aliphatic hydroxyl groups excluding tert-OH is 1. The van der Waals surface area contributed by atoms with Crippen molar-refractivity contribution in [3.8, 4) is 0 Å². The fourth-order valence-corrected chi connectivity index (χ4v) is 1.18. The van der Waals surface area contributed by atoms with Crippen LogP contribution < -0.4 is 16.8 Å². The van der Waals surface area contributed by atoms with Gasteiger partial charge in [0.1, 0.15) is 12.3 Å². The standard InChI is InChI=1S/C10H21N3O3/c1-7(15)9(6-14)13-10(16)8(12)4-2-3-5-11/h6-9,15H,2-5,11-12H2,1H3,(H,13,16)/t7-,8+,9-/m1/s1. The first kappa shape index (κ1) is 15.0. The Kier molecular flexibility index (Phi) is 7.70. The summed E-state index contributed by atoms with van der Waals surface area (Å²) in [6.07, 6.45) is 1.68. The average molecular weight is 231 g/mol. The Bertz CT molecular complexity index is 221. The molecule has 0 radical (unpaired) electrons. The van der Waals surface area contributed by atoms with Gasteiger partial charge in [-0.2, -0.15) is 0 Å². The molecular formula is C10H21N3O3. The van der Waals surface area contributed by atoms with Crippen LogP contribution in [0.25, 0.3) is 0 Å². The number of hydrogen-bond donors (Lipinski definition) is 4. The molecule has 16 heavy (non-hydrogen) atoms. The SMILES string of the molecule is C[C@@H](O)[C@@H](C=O)NC(=O)[C@@H](N)CCCCN. The Labute approximate surface area is 95.4 Å². The summed E-state index contributed by atoms with van der Waals surface area (Å²) in [5.41, 5.74) is 10.9. The molecule has 0 aliphatic heterocycles. The molecule has 0 bridgehead atoms. The fourth-order valence-electron chi connectivity index (χ4n) is 1.18. The van der Waals surface area contributed by atoms with E-state index in [-0.39, 0.29) is 0 Å². The van der Waals surface area contributed by atoms with Crippen LogP contribution in [-0.2, 0) is 9.59 Å². The van der Waals surface area contributed by atoms with Crippen molar-refractivity contribution in [2.24, 2.45) is 11.5 Å². The number of carbonyl (C=O) groups is 2. The lowest BCUT2D eigenvalue weighted by Crippen LogP contribution is -2.49. The van der Waals surface area contributed by atoms with Crippen molar-refractivity contribution in [1.82, 2.24) is 5.32 Å². The lowest BCUT2D eigenvalue weighted by Gasteiger charge is -2.18. The summed E-state index contributed by atoms with van der Waals surface area (Å²) in [5, 5.41) is 11.5. The summed E-state index contributed by atoms with van der Waals surface area (Å²) in [4.78, 5) is 22.0. The van der Waals surface area contributed by atoms with Crippen molar-refractivity contribution in [3.63, 3.8) is 0 Å². The number of aldehydes is 1. The van der Waals surface area contributed by atoms with E-state index in [1.165, 1.54) is 6.92 Å². The summed E-state index contributed by atoms with van der Waals surface area (Å²) < 4.78 is 0. The van der Waals surface area contributed by atoms with Crippen LogP contribution in [0, 0.1) is 0 Å². The molecule has 0 fully saturated rings. The highest BCUT2D eigenvalue weighted by atomic mass is 16.3. The lowest BCUT2D eigenvalue weighted by molar-refractivity contribution is -0.126. The minimum Gasteiger partial charge on any atom is -0.391 e. The van der Waals surface area contributed by atoms with Gasteiger partial charge in [0, 0.05) is 0 Å². The number of amides is 1. The van der Waals surface area contributed by atoms with Gasteiger partial charge in [0.25, 0.3) is 0 Å². The first-order chi connectivity index (χ1) is 7.52. The van der Waals surface area contributed by atoms with Crippen molar-refractivity contribution >= 4 is 12.2 Å². The molecule has 0 aromatic carbocycles. The van der Waals surface area contributed by atoms with Gasteiger partial charge in [0.05, 0.1) is 12.1 Å². The van der Waals surface area contributed by atoms with Crippen LogP contribution in [-0.4, -0.2) is 42.0 Å². The first-order valence-electron chi connectivity index (χ1n) is 5.42. The molecule has 0 rings (SSSR count). The van der Waals surface area contributed by atoms with E-state index in [2.05, 4.69) is 5.32 Å². The zero-order valence-electron chi connectivity index (χ0n) is 9.56. The molecule has 0 aliphatic carbocycles. The number of nitrogens with two attached hydrogens (primary N) is 2. The topological polar surface area (TPSA) is 118 Å². The van der Waals surface area contributed by atoms with Crippen LogP contribution in [0.3, 0.4) is 0 Å². The van der Waals surface area contributed by atoms with Crippen LogP contribution in [0.15, 0.2) is 0 Å². The number of hydrogen-bond acceptors (Lipinski definition) is 5. The molecule has 0 aromatic rings. The van der Waals surface area contributed by atoms with Gasteiger partial charge in [0.2, 0.25) is 5.91 Å². The smallest absolute Gasteiger partial charge is 0.237 e. The van der Waals surface area contributed by atoms with Gasteiger partial charge in [-0.3, -0.25) is 4.79 Å². The Morgan fingerprint density at radius 3 is 2.56 bits per heavy atom. The predicted molar refractivity (Wildman–Crippen MR) is 60.6 cm³/mol. The minimum absolute atomic E-state index is 0.421. The Morgan fingerprint density at radius 1 is 1.50 bits per heavy atom. The minimum atomic E-state index is -0.919. The molecule has 3 atom stereocenters. The molecule has 0 aromatic heterocycles. The van der Waals surface area contributed by atoms with Crippen molar-refractivity contribution in [1.29, 1.82) is 0 Å². The molecule has 0 unspecified atom stereocenters. The number of nitrogens with one attached hydrogen (secondary N) is 1. The first-order valence-corrected chi connectivity index (χ1v) is 5.42. The quantitative estimate of drug-likeness (QED) is 0.300. The molecule has 6 heteroatoms. The van der Waals surface area contributed by atoms with Crippen LogP contribution in [0.2, 0.25) is 0 Å². The molecule has 0 spiro atoms. The van der Waals surface area contributed by atoms with Gasteiger partial charge in [-0.05, 0) is 26.3 Å². The Hall–Kier alpha value is -0.980. The second-order valence-electron chi connectivity index (χ2n) is 3.80. The van der Waals surface area contributed by atoms with Gasteiger partial charge in [0.15, 0.2) is 0 Å². The summed E-state index contributed by atoms with van der Waals surface area (Å²) >= 11 is 0. The zero-order chi connectivity index (χ0) is 12.6. The third-order valence-corrected chi connectivity index (χ3v) is 2.28. The number of aliphatic hydroxyl groups is 1. The van der Waals surface area contributed by atoms with Crippen LogP contribution in [0.5, 0.6) is 0 Å². The Morgan fingerprint density at radius 2 is 2.12 bits per heavy atom. The molecule has 0 aliphatic rings. The van der Waals surface area contributed by atoms with Crippen LogP contribution in [0.4, 0.5) is 0 Å². The summed E-state index contributed by atoms with van der Waals surface area (Å²) in [6.45, 7) is 2.00. The largest absolute Gasteiger partial charge is 0.391 e. The highest BCUT2D eigenvalue weighted by molar-refractivity contribution is 5.84. The zero-order valence-corrected chi connectivity index (χ0v) is 9.56. The van der Waals surface area contributed by atoms with E-state index in [0.717, 1.165) is 12.8 Å². The molecule has 0 saturated heterocycles. The molecular weight excluding hydrogens is 210 g/mol. The highest BCUT2D eigenvalue weighted by Gasteiger charge is 2.20. The normalized spacial score (nSPS) is 16.2. The summed E-state index contributed by atoms with van der Waals surface area (Å²) in [7, 11) is 0. The maximum atomic E-state index is 11.5. The van der Waals surface area contributed by atoms with Gasteiger partial charge in [-0.15, -0.1) is 0 Å². The number of rotatable bonds is 8. The Balaban J connectivity index is 3.98. The van der Waals surface area contributed by atoms with Gasteiger partial charge in [-0.25, -0.2) is 0 Å². The second-order valence-corrected chi connectivity index (χ2v) is 3.80. The fraction of sp³-hybridized carbons (Fsp3) is 0.800. The van der Waals surface area contributed by atoms with Crippen LogP contribution in [0.1, 0.15) is 26.2 Å². The summed E-state index contributed by atoms with van der Waals surface area (Å²) in [5.74, 6) is -0.421. The van der Waals surface area contributed by atoms with Crippen molar-refractivity contribution in [3.05, 3.63) is 0 Å².